The molecule has 1 aromatic carbocycles. The Morgan fingerprint density at radius 2 is 2.26 bits per heavy atom. The summed E-state index contributed by atoms with van der Waals surface area (Å²) in [5.74, 6) is -1.75. The monoisotopic (exact) mass is 280 g/mol. The van der Waals surface area contributed by atoms with Gasteiger partial charge in [0, 0.05) is 11.1 Å². The molecule has 0 aliphatic rings. The molecule has 0 aliphatic heterocycles. The Morgan fingerprint density at radius 1 is 1.53 bits per heavy atom. The van der Waals surface area contributed by atoms with Crippen LogP contribution in [0.15, 0.2) is 24.4 Å². The molecule has 0 amide bonds. The van der Waals surface area contributed by atoms with E-state index in [0.29, 0.717) is 0 Å². The van der Waals surface area contributed by atoms with Crippen LogP contribution in [-0.4, -0.2) is 16.1 Å². The number of carbonyl (C=O) groups is 1. The zero-order chi connectivity index (χ0) is 14.0. The van der Waals surface area contributed by atoms with Crippen molar-refractivity contribution in [2.45, 2.75) is 19.9 Å². The maximum Gasteiger partial charge on any atom is 0.337 e. The first-order valence-corrected chi connectivity index (χ1v) is 6.51. The van der Waals surface area contributed by atoms with Gasteiger partial charge in [-0.25, -0.2) is 14.2 Å². The molecule has 19 heavy (non-hydrogen) atoms. The van der Waals surface area contributed by atoms with Crippen LogP contribution in [0, 0.1) is 12.7 Å². The number of thiazole rings is 1. The van der Waals surface area contributed by atoms with Crippen molar-refractivity contribution in [3.8, 4) is 0 Å². The molecule has 2 N–H and O–H groups in total. The Hall–Kier alpha value is -1.95. The molecule has 100 valence electrons. The molecule has 0 aliphatic carbocycles. The normalized spacial score (nSPS) is 12.2. The summed E-state index contributed by atoms with van der Waals surface area (Å²) in [6.45, 7) is 3.75. The molecule has 1 atom stereocenters. The lowest BCUT2D eigenvalue weighted by molar-refractivity contribution is 0.0697. The molecule has 0 fully saturated rings. The number of hydrogen-bond donors (Lipinski definition) is 2. The van der Waals surface area contributed by atoms with E-state index < -0.39 is 11.8 Å². The van der Waals surface area contributed by atoms with Gasteiger partial charge in [0.25, 0.3) is 0 Å². The summed E-state index contributed by atoms with van der Waals surface area (Å²) >= 11 is 1.49. The van der Waals surface area contributed by atoms with Gasteiger partial charge in [-0.2, -0.15) is 0 Å². The molecule has 1 heterocycles. The fourth-order valence-electron chi connectivity index (χ4n) is 1.70. The molecule has 1 unspecified atom stereocenters. The number of para-hydroxylation sites is 1. The largest absolute Gasteiger partial charge is 0.478 e. The summed E-state index contributed by atoms with van der Waals surface area (Å²) < 4.78 is 13.7. The summed E-state index contributed by atoms with van der Waals surface area (Å²) in [4.78, 5) is 16.3. The lowest BCUT2D eigenvalue weighted by atomic mass is 10.1. The van der Waals surface area contributed by atoms with Crippen LogP contribution in [0.5, 0.6) is 0 Å². The topological polar surface area (TPSA) is 62.2 Å². The van der Waals surface area contributed by atoms with Crippen LogP contribution in [0.2, 0.25) is 0 Å². The van der Waals surface area contributed by atoms with Crippen molar-refractivity contribution in [1.29, 1.82) is 0 Å². The third kappa shape index (κ3) is 2.90. The summed E-state index contributed by atoms with van der Waals surface area (Å²) in [5.41, 5.74) is -0.0875. The van der Waals surface area contributed by atoms with Gasteiger partial charge in [-0.15, -0.1) is 11.3 Å². The number of hydrogen-bond acceptors (Lipinski definition) is 4. The summed E-state index contributed by atoms with van der Waals surface area (Å²) in [7, 11) is 0. The molecule has 6 heteroatoms. The second-order valence-electron chi connectivity index (χ2n) is 4.14. The molecule has 1 aromatic heterocycles. The van der Waals surface area contributed by atoms with Crippen LogP contribution in [0.1, 0.15) is 33.2 Å². The molecular weight excluding hydrogens is 267 g/mol. The fraction of sp³-hybridized carbons (Fsp3) is 0.231. The van der Waals surface area contributed by atoms with Crippen LogP contribution in [0.25, 0.3) is 0 Å². The highest BCUT2D eigenvalue weighted by Crippen LogP contribution is 2.27. The SMILES string of the molecule is Cc1cnc(C(C)Nc2c(F)cccc2C(=O)O)s1. The first-order chi connectivity index (χ1) is 8.99. The van der Waals surface area contributed by atoms with Crippen molar-refractivity contribution in [1.82, 2.24) is 4.98 Å². The third-order valence-electron chi connectivity index (χ3n) is 2.61. The lowest BCUT2D eigenvalue weighted by Gasteiger charge is -2.15. The Labute approximate surface area is 113 Å². The Morgan fingerprint density at radius 3 is 2.84 bits per heavy atom. The Kier molecular flexibility index (Phi) is 3.80. The smallest absolute Gasteiger partial charge is 0.337 e. The average Bonchev–Trinajstić information content (AvgIpc) is 2.78. The van der Waals surface area contributed by atoms with Crippen LogP contribution in [0.4, 0.5) is 10.1 Å². The quantitative estimate of drug-likeness (QED) is 0.900. The molecular formula is C13H13FN2O2S. The van der Waals surface area contributed by atoms with Gasteiger partial charge in [0.05, 0.1) is 17.3 Å². The summed E-state index contributed by atoms with van der Waals surface area (Å²) in [6, 6.07) is 3.72. The predicted molar refractivity (Wildman–Crippen MR) is 72.2 cm³/mol. The molecule has 0 radical (unpaired) electrons. The van der Waals surface area contributed by atoms with Gasteiger partial charge >= 0.3 is 5.97 Å². The van der Waals surface area contributed by atoms with Gasteiger partial charge in [-0.05, 0) is 26.0 Å². The number of aromatic nitrogens is 1. The van der Waals surface area contributed by atoms with Crippen LogP contribution < -0.4 is 5.32 Å². The molecule has 0 saturated heterocycles. The van der Waals surface area contributed by atoms with Crippen molar-refractivity contribution in [3.05, 3.63) is 45.7 Å². The average molecular weight is 280 g/mol. The zero-order valence-electron chi connectivity index (χ0n) is 10.5. The minimum Gasteiger partial charge on any atom is -0.478 e. The van der Waals surface area contributed by atoms with Crippen LogP contribution in [0.3, 0.4) is 0 Å². The molecule has 2 aromatic rings. The Balaban J connectivity index is 2.30. The van der Waals surface area contributed by atoms with E-state index in [2.05, 4.69) is 10.3 Å². The molecule has 0 spiro atoms. The number of aromatic carboxylic acids is 1. The molecule has 4 nitrogen and oxygen atoms in total. The number of carboxylic acid groups (broad SMARTS) is 1. The van der Waals surface area contributed by atoms with E-state index in [1.165, 1.54) is 29.5 Å². The number of nitrogens with zero attached hydrogens (tertiary/aromatic N) is 1. The highest BCUT2D eigenvalue weighted by molar-refractivity contribution is 7.11. The van der Waals surface area contributed by atoms with E-state index in [1.54, 1.807) is 6.20 Å². The van der Waals surface area contributed by atoms with Crippen molar-refractivity contribution < 1.29 is 14.3 Å². The molecule has 2 rings (SSSR count). The van der Waals surface area contributed by atoms with Gasteiger partial charge in [-0.3, -0.25) is 0 Å². The van der Waals surface area contributed by atoms with Crippen molar-refractivity contribution >= 4 is 23.0 Å². The predicted octanol–water partition coefficient (Wildman–Crippen LogP) is 3.46. The zero-order valence-corrected chi connectivity index (χ0v) is 11.3. The van der Waals surface area contributed by atoms with Crippen molar-refractivity contribution in [3.63, 3.8) is 0 Å². The number of halogens is 1. The first-order valence-electron chi connectivity index (χ1n) is 5.69. The van der Waals surface area contributed by atoms with E-state index in [0.717, 1.165) is 9.88 Å². The standard InChI is InChI=1S/C13H13FN2O2S/c1-7-6-15-12(19-7)8(2)16-11-9(13(17)18)4-3-5-10(11)14/h3-6,8,16H,1-2H3,(H,17,18). The maximum absolute atomic E-state index is 13.7. The number of aryl methyl sites for hydroxylation is 1. The number of nitrogens with one attached hydrogen (secondary N) is 1. The number of rotatable bonds is 4. The van der Waals surface area contributed by atoms with Gasteiger partial charge < -0.3 is 10.4 Å². The summed E-state index contributed by atoms with van der Waals surface area (Å²) in [5, 5.41) is 12.7. The van der Waals surface area contributed by atoms with Crippen LogP contribution in [-0.2, 0) is 0 Å². The maximum atomic E-state index is 13.7. The van der Waals surface area contributed by atoms with Gasteiger partial charge in [0.2, 0.25) is 0 Å². The van der Waals surface area contributed by atoms with Gasteiger partial charge in [-0.1, -0.05) is 6.07 Å². The Bertz CT molecular complexity index is 612. The van der Waals surface area contributed by atoms with E-state index in [1.807, 2.05) is 13.8 Å². The second kappa shape index (κ2) is 5.36. The van der Waals surface area contributed by atoms with Crippen molar-refractivity contribution in [2.24, 2.45) is 0 Å². The van der Waals surface area contributed by atoms with E-state index in [4.69, 9.17) is 5.11 Å². The number of carboxylic acids is 1. The summed E-state index contributed by atoms with van der Waals surface area (Å²) in [6.07, 6.45) is 1.73. The van der Waals surface area contributed by atoms with Gasteiger partial charge in [0.15, 0.2) is 0 Å². The molecule has 0 saturated carbocycles. The first kappa shape index (κ1) is 13.5. The molecule has 0 bridgehead atoms. The minimum atomic E-state index is -1.16. The van der Waals surface area contributed by atoms with Crippen LogP contribution >= 0.6 is 11.3 Å². The highest BCUT2D eigenvalue weighted by atomic mass is 32.1. The minimum absolute atomic E-state index is 0.00430. The van der Waals surface area contributed by atoms with E-state index in [-0.39, 0.29) is 17.3 Å². The lowest BCUT2D eigenvalue weighted by Crippen LogP contribution is -2.12. The second-order valence-corrected chi connectivity index (χ2v) is 5.41. The van der Waals surface area contributed by atoms with E-state index >= 15 is 0 Å². The van der Waals surface area contributed by atoms with Crippen molar-refractivity contribution in [2.75, 3.05) is 5.32 Å². The fourth-order valence-corrected chi connectivity index (χ4v) is 2.48. The van der Waals surface area contributed by atoms with E-state index in [9.17, 15) is 9.18 Å². The van der Waals surface area contributed by atoms with Gasteiger partial charge in [0.1, 0.15) is 10.8 Å². The highest BCUT2D eigenvalue weighted by Gasteiger charge is 2.18. The number of anilines is 1. The third-order valence-corrected chi connectivity index (χ3v) is 3.71. The number of benzene rings is 1.